The van der Waals surface area contributed by atoms with Gasteiger partial charge in [-0.3, -0.25) is 4.90 Å². The normalized spacial score (nSPS) is 19.8. The van der Waals surface area contributed by atoms with E-state index < -0.39 is 0 Å². The van der Waals surface area contributed by atoms with Crippen LogP contribution in [0.3, 0.4) is 0 Å². The molecule has 76 valence electrons. The van der Waals surface area contributed by atoms with Crippen molar-refractivity contribution in [1.82, 2.24) is 4.90 Å². The lowest BCUT2D eigenvalue weighted by Crippen LogP contribution is -2.23. The Hall–Kier alpha value is 0.230. The van der Waals surface area contributed by atoms with Gasteiger partial charge in [0.25, 0.3) is 0 Å². The van der Waals surface area contributed by atoms with E-state index in [4.69, 9.17) is 0 Å². The molecule has 0 bridgehead atoms. The molecule has 1 nitrogen and oxygen atoms in total. The first-order valence-corrected chi connectivity index (χ1v) is 7.46. The molecule has 1 aliphatic rings. The summed E-state index contributed by atoms with van der Waals surface area (Å²) in [6.07, 6.45) is 0. The summed E-state index contributed by atoms with van der Waals surface area (Å²) < 4.78 is 0.661. The molecule has 14 heavy (non-hydrogen) atoms. The lowest BCUT2D eigenvalue weighted by Gasteiger charge is -2.27. The number of thioether (sulfide) groups is 3. The molecule has 4 heteroatoms. The average molecular weight is 243 g/mol. The quantitative estimate of drug-likeness (QED) is 0.783. The lowest BCUT2D eigenvalue weighted by atomic mass is 10.4. The topological polar surface area (TPSA) is 3.24 Å². The van der Waals surface area contributed by atoms with Crippen LogP contribution in [0.2, 0.25) is 0 Å². The highest BCUT2D eigenvalue weighted by molar-refractivity contribution is 8.32. The van der Waals surface area contributed by atoms with E-state index in [2.05, 4.69) is 42.3 Å². The van der Waals surface area contributed by atoms with Crippen molar-refractivity contribution >= 4 is 35.3 Å². The lowest BCUT2D eigenvalue weighted by molar-refractivity contribution is 0.464. The van der Waals surface area contributed by atoms with Crippen molar-refractivity contribution in [2.45, 2.75) is 8.81 Å². The zero-order valence-corrected chi connectivity index (χ0v) is 10.5. The summed E-state index contributed by atoms with van der Waals surface area (Å²) in [5.41, 5.74) is 0. The van der Waals surface area contributed by atoms with E-state index in [0.717, 1.165) is 11.8 Å². The third-order valence-electron chi connectivity index (χ3n) is 1.84. The second kappa shape index (κ2) is 5.35. The van der Waals surface area contributed by atoms with E-state index in [1.165, 1.54) is 4.90 Å². The number of hydrogen-bond donors (Lipinski definition) is 0. The number of hydrogen-bond acceptors (Lipinski definition) is 4. The van der Waals surface area contributed by atoms with Crippen molar-refractivity contribution in [3.63, 3.8) is 0 Å². The summed E-state index contributed by atoms with van der Waals surface area (Å²) in [6, 6.07) is 10.6. The van der Waals surface area contributed by atoms with Crippen molar-refractivity contribution in [1.29, 1.82) is 0 Å². The van der Waals surface area contributed by atoms with E-state index in [-0.39, 0.29) is 0 Å². The smallest absolute Gasteiger partial charge is 0.103 e. The van der Waals surface area contributed by atoms with Gasteiger partial charge in [-0.2, -0.15) is 0 Å². The van der Waals surface area contributed by atoms with Crippen LogP contribution in [-0.4, -0.2) is 27.6 Å². The molecule has 0 saturated carbocycles. The minimum absolute atomic E-state index is 0.661. The predicted molar refractivity (Wildman–Crippen MR) is 68.8 cm³/mol. The van der Waals surface area contributed by atoms with Gasteiger partial charge >= 0.3 is 0 Å². The standard InChI is InChI=1S/C10H13NS3/c1-11-7-12-10(13-8-11)14-9-5-3-2-4-6-9/h2-6,10H,7-8H2,1H3. The van der Waals surface area contributed by atoms with Gasteiger partial charge in [0.05, 0.1) is 0 Å². The van der Waals surface area contributed by atoms with Crippen LogP contribution in [0.5, 0.6) is 0 Å². The molecule has 0 aliphatic carbocycles. The molecule has 1 heterocycles. The molecule has 1 saturated heterocycles. The van der Waals surface area contributed by atoms with Gasteiger partial charge in [-0.05, 0) is 19.2 Å². The summed E-state index contributed by atoms with van der Waals surface area (Å²) in [7, 11) is 2.17. The molecule has 0 radical (unpaired) electrons. The Morgan fingerprint density at radius 1 is 1.21 bits per heavy atom. The van der Waals surface area contributed by atoms with Crippen molar-refractivity contribution in [2.75, 3.05) is 18.8 Å². The summed E-state index contributed by atoms with van der Waals surface area (Å²) in [4.78, 5) is 3.72. The monoisotopic (exact) mass is 243 g/mol. The highest BCUT2D eigenvalue weighted by atomic mass is 32.3. The molecule has 0 N–H and O–H groups in total. The van der Waals surface area contributed by atoms with Gasteiger partial charge in [-0.15, -0.1) is 35.3 Å². The van der Waals surface area contributed by atoms with E-state index in [9.17, 15) is 0 Å². The summed E-state index contributed by atoms with van der Waals surface area (Å²) in [6.45, 7) is 0. The molecule has 1 aliphatic heterocycles. The van der Waals surface area contributed by atoms with E-state index >= 15 is 0 Å². The van der Waals surface area contributed by atoms with Gasteiger partial charge in [-0.25, -0.2) is 0 Å². The Morgan fingerprint density at radius 2 is 1.86 bits per heavy atom. The maximum Gasteiger partial charge on any atom is 0.103 e. The Labute approximate surface area is 98.0 Å². The molecule has 1 fully saturated rings. The third-order valence-corrected chi connectivity index (χ3v) is 6.51. The van der Waals surface area contributed by atoms with Gasteiger partial charge in [0, 0.05) is 16.6 Å². The van der Waals surface area contributed by atoms with Crippen LogP contribution in [-0.2, 0) is 0 Å². The van der Waals surface area contributed by atoms with Crippen LogP contribution in [0.1, 0.15) is 0 Å². The van der Waals surface area contributed by atoms with Gasteiger partial charge in [0.1, 0.15) is 3.91 Å². The molecule has 0 amide bonds. The maximum atomic E-state index is 2.34. The van der Waals surface area contributed by atoms with E-state index in [0.29, 0.717) is 3.91 Å². The highest BCUT2D eigenvalue weighted by Gasteiger charge is 2.18. The molecule has 0 unspecified atom stereocenters. The molecule has 2 rings (SSSR count). The third kappa shape index (κ3) is 3.12. The van der Waals surface area contributed by atoms with Crippen LogP contribution in [0, 0.1) is 0 Å². The molecule has 1 aromatic carbocycles. The Kier molecular flexibility index (Phi) is 4.10. The van der Waals surface area contributed by atoms with E-state index in [1.54, 1.807) is 0 Å². The fourth-order valence-electron chi connectivity index (χ4n) is 1.14. The van der Waals surface area contributed by atoms with Gasteiger partial charge in [0.2, 0.25) is 0 Å². The maximum absolute atomic E-state index is 2.34. The van der Waals surface area contributed by atoms with Gasteiger partial charge < -0.3 is 0 Å². The molecule has 0 atom stereocenters. The van der Waals surface area contributed by atoms with Crippen molar-refractivity contribution in [3.05, 3.63) is 30.3 Å². The van der Waals surface area contributed by atoms with Gasteiger partial charge in [-0.1, -0.05) is 18.2 Å². The fourth-order valence-corrected chi connectivity index (χ4v) is 5.05. The summed E-state index contributed by atoms with van der Waals surface area (Å²) in [5, 5.41) is 0. The van der Waals surface area contributed by atoms with Crippen molar-refractivity contribution in [3.8, 4) is 0 Å². The summed E-state index contributed by atoms with van der Waals surface area (Å²) >= 11 is 6.00. The minimum atomic E-state index is 0.661. The zero-order valence-electron chi connectivity index (χ0n) is 8.05. The van der Waals surface area contributed by atoms with Crippen LogP contribution < -0.4 is 0 Å². The van der Waals surface area contributed by atoms with Crippen LogP contribution in [0.25, 0.3) is 0 Å². The van der Waals surface area contributed by atoms with Crippen LogP contribution in [0.4, 0.5) is 0 Å². The van der Waals surface area contributed by atoms with Gasteiger partial charge in [0.15, 0.2) is 0 Å². The zero-order chi connectivity index (χ0) is 9.80. The second-order valence-corrected chi connectivity index (χ2v) is 7.37. The van der Waals surface area contributed by atoms with Crippen molar-refractivity contribution in [2.24, 2.45) is 0 Å². The fraction of sp³-hybridized carbons (Fsp3) is 0.400. The van der Waals surface area contributed by atoms with Crippen molar-refractivity contribution < 1.29 is 0 Å². The highest BCUT2D eigenvalue weighted by Crippen LogP contribution is 2.41. The Morgan fingerprint density at radius 3 is 2.50 bits per heavy atom. The second-order valence-electron chi connectivity index (χ2n) is 3.17. The summed E-state index contributed by atoms with van der Waals surface area (Å²) in [5.74, 6) is 2.30. The molecular formula is C10H13NS3. The van der Waals surface area contributed by atoms with Crippen LogP contribution in [0.15, 0.2) is 35.2 Å². The largest absolute Gasteiger partial charge is 0.288 e. The van der Waals surface area contributed by atoms with E-state index in [1.807, 2.05) is 35.3 Å². The molecule has 1 aromatic rings. The number of rotatable bonds is 2. The number of benzene rings is 1. The molecular weight excluding hydrogens is 230 g/mol. The first kappa shape index (κ1) is 10.7. The SMILES string of the molecule is CN1CSC(Sc2ccccc2)SC1. The van der Waals surface area contributed by atoms with Crippen LogP contribution >= 0.6 is 35.3 Å². The Balaban J connectivity index is 1.87. The predicted octanol–water partition coefficient (Wildman–Crippen LogP) is 3.39. The molecule has 0 spiro atoms. The first-order chi connectivity index (χ1) is 6.84. The minimum Gasteiger partial charge on any atom is -0.288 e. The molecule has 0 aromatic heterocycles. The number of nitrogens with zero attached hydrogens (tertiary/aromatic N) is 1. The average Bonchev–Trinajstić information content (AvgIpc) is 2.23. The first-order valence-electron chi connectivity index (χ1n) is 4.48. The Bertz CT molecular complexity index is 270.